The Morgan fingerprint density at radius 3 is 2.32 bits per heavy atom. The van der Waals surface area contributed by atoms with Crippen molar-refractivity contribution in [2.45, 2.75) is 57.7 Å². The lowest BCUT2D eigenvalue weighted by Crippen LogP contribution is -2.21. The van der Waals surface area contributed by atoms with Crippen molar-refractivity contribution in [3.8, 4) is 22.6 Å². The SMILES string of the molecule is C=CCCOc1ccc(COc2ccc(-c3ccc(C4CCC(OCC)CC4)c(F)c3F)cc2)cc1F. The molecule has 3 aromatic rings. The van der Waals surface area contributed by atoms with Crippen molar-refractivity contribution in [1.82, 2.24) is 0 Å². The molecule has 0 radical (unpaired) electrons. The molecule has 3 aromatic carbocycles. The van der Waals surface area contributed by atoms with Crippen LogP contribution in [0, 0.1) is 17.5 Å². The summed E-state index contributed by atoms with van der Waals surface area (Å²) in [5.41, 5.74) is 1.87. The quantitative estimate of drug-likeness (QED) is 0.192. The number of hydrogen-bond acceptors (Lipinski definition) is 3. The number of benzene rings is 3. The average molecular weight is 511 g/mol. The first-order chi connectivity index (χ1) is 18.0. The second-order valence-corrected chi connectivity index (χ2v) is 9.26. The average Bonchev–Trinajstić information content (AvgIpc) is 2.91. The molecule has 1 fully saturated rings. The third-order valence-corrected chi connectivity index (χ3v) is 6.78. The van der Waals surface area contributed by atoms with E-state index in [1.807, 2.05) is 6.92 Å². The van der Waals surface area contributed by atoms with Crippen LogP contribution in [-0.4, -0.2) is 19.3 Å². The molecule has 0 heterocycles. The Kier molecular flexibility index (Phi) is 9.29. The van der Waals surface area contributed by atoms with Crippen LogP contribution in [0.3, 0.4) is 0 Å². The second kappa shape index (κ2) is 12.8. The molecule has 0 saturated heterocycles. The Morgan fingerprint density at radius 1 is 0.892 bits per heavy atom. The Hall–Kier alpha value is -3.25. The van der Waals surface area contributed by atoms with E-state index < -0.39 is 17.5 Å². The van der Waals surface area contributed by atoms with Gasteiger partial charge in [-0.15, -0.1) is 6.58 Å². The van der Waals surface area contributed by atoms with Crippen molar-refractivity contribution >= 4 is 0 Å². The highest BCUT2D eigenvalue weighted by molar-refractivity contribution is 5.65. The lowest BCUT2D eigenvalue weighted by molar-refractivity contribution is 0.0325. The normalized spacial score (nSPS) is 17.4. The molecule has 1 aliphatic carbocycles. The summed E-state index contributed by atoms with van der Waals surface area (Å²) < 4.78 is 61.1. The summed E-state index contributed by atoms with van der Waals surface area (Å²) in [5.74, 6) is -1.31. The number of hydrogen-bond donors (Lipinski definition) is 0. The third kappa shape index (κ3) is 6.75. The maximum absolute atomic E-state index is 15.1. The molecule has 0 amide bonds. The van der Waals surface area contributed by atoms with E-state index in [1.165, 1.54) is 6.07 Å². The molecular formula is C31H33F3O3. The predicted molar refractivity (Wildman–Crippen MR) is 139 cm³/mol. The van der Waals surface area contributed by atoms with Crippen molar-refractivity contribution in [2.75, 3.05) is 13.2 Å². The van der Waals surface area contributed by atoms with Crippen molar-refractivity contribution in [3.05, 3.63) is 95.8 Å². The van der Waals surface area contributed by atoms with Gasteiger partial charge in [-0.1, -0.05) is 36.4 Å². The smallest absolute Gasteiger partial charge is 0.166 e. The van der Waals surface area contributed by atoms with Crippen LogP contribution in [0.4, 0.5) is 13.2 Å². The molecule has 1 aliphatic rings. The van der Waals surface area contributed by atoms with E-state index in [0.29, 0.717) is 42.1 Å². The highest BCUT2D eigenvalue weighted by atomic mass is 19.2. The van der Waals surface area contributed by atoms with Crippen molar-refractivity contribution in [3.63, 3.8) is 0 Å². The summed E-state index contributed by atoms with van der Waals surface area (Å²) in [4.78, 5) is 0. The van der Waals surface area contributed by atoms with E-state index in [1.54, 1.807) is 54.6 Å². The molecule has 1 saturated carbocycles. The largest absolute Gasteiger partial charge is 0.490 e. The third-order valence-electron chi connectivity index (χ3n) is 6.78. The van der Waals surface area contributed by atoms with E-state index in [4.69, 9.17) is 14.2 Å². The van der Waals surface area contributed by atoms with Gasteiger partial charge in [-0.3, -0.25) is 0 Å². The lowest BCUT2D eigenvalue weighted by atomic mass is 9.82. The Balaban J connectivity index is 1.37. The fraction of sp³-hybridized carbons (Fsp3) is 0.355. The predicted octanol–water partition coefficient (Wildman–Crippen LogP) is 8.37. The molecule has 0 N–H and O–H groups in total. The van der Waals surface area contributed by atoms with Crippen LogP contribution in [0.1, 0.15) is 56.1 Å². The van der Waals surface area contributed by atoms with Crippen molar-refractivity contribution < 1.29 is 27.4 Å². The first-order valence-corrected chi connectivity index (χ1v) is 12.8. The zero-order chi connectivity index (χ0) is 26.2. The first-order valence-electron chi connectivity index (χ1n) is 12.8. The van der Waals surface area contributed by atoms with Gasteiger partial charge in [-0.25, -0.2) is 13.2 Å². The van der Waals surface area contributed by atoms with Gasteiger partial charge in [-0.05, 0) is 85.9 Å². The fourth-order valence-corrected chi connectivity index (χ4v) is 4.78. The van der Waals surface area contributed by atoms with Crippen LogP contribution >= 0.6 is 0 Å². The standard InChI is InChI=1S/C31H33F3O3/c1-3-5-18-36-29-17-6-21(19-28(29)32)20-37-25-13-9-23(10-14-25)27-16-15-26(30(33)31(27)34)22-7-11-24(12-8-22)35-4-2/h3,6,9-10,13-17,19,22,24H,1,4-5,7-8,11-12,18,20H2,2H3. The van der Waals surface area contributed by atoms with Crippen LogP contribution in [0.25, 0.3) is 11.1 Å². The summed E-state index contributed by atoms with van der Waals surface area (Å²) >= 11 is 0. The van der Waals surface area contributed by atoms with Gasteiger partial charge in [0, 0.05) is 12.2 Å². The molecule has 37 heavy (non-hydrogen) atoms. The van der Waals surface area contributed by atoms with Crippen LogP contribution < -0.4 is 9.47 Å². The summed E-state index contributed by atoms with van der Waals surface area (Å²) in [6, 6.07) is 14.8. The van der Waals surface area contributed by atoms with E-state index in [0.717, 1.165) is 25.7 Å². The van der Waals surface area contributed by atoms with Gasteiger partial charge in [-0.2, -0.15) is 0 Å². The van der Waals surface area contributed by atoms with Crippen LogP contribution in [0.2, 0.25) is 0 Å². The van der Waals surface area contributed by atoms with Gasteiger partial charge in [0.15, 0.2) is 23.2 Å². The van der Waals surface area contributed by atoms with Gasteiger partial charge in [0.2, 0.25) is 0 Å². The van der Waals surface area contributed by atoms with Gasteiger partial charge >= 0.3 is 0 Å². The molecule has 0 bridgehead atoms. The van der Waals surface area contributed by atoms with Crippen molar-refractivity contribution in [1.29, 1.82) is 0 Å². The lowest BCUT2D eigenvalue weighted by Gasteiger charge is -2.29. The summed E-state index contributed by atoms with van der Waals surface area (Å²) in [7, 11) is 0. The summed E-state index contributed by atoms with van der Waals surface area (Å²) in [6.45, 7) is 6.78. The summed E-state index contributed by atoms with van der Waals surface area (Å²) in [5, 5.41) is 0. The number of ether oxygens (including phenoxy) is 3. The molecular weight excluding hydrogens is 477 g/mol. The molecule has 196 valence electrons. The number of rotatable bonds is 11. The van der Waals surface area contributed by atoms with E-state index in [-0.39, 0.29) is 29.9 Å². The second-order valence-electron chi connectivity index (χ2n) is 9.26. The molecule has 0 spiro atoms. The molecule has 0 aromatic heterocycles. The van der Waals surface area contributed by atoms with Gasteiger partial charge in [0.05, 0.1) is 12.7 Å². The fourth-order valence-electron chi connectivity index (χ4n) is 4.78. The zero-order valence-electron chi connectivity index (χ0n) is 21.2. The Morgan fingerprint density at radius 2 is 1.65 bits per heavy atom. The Labute approximate surface area is 216 Å². The van der Waals surface area contributed by atoms with E-state index >= 15 is 8.78 Å². The minimum absolute atomic E-state index is 0.00800. The van der Waals surface area contributed by atoms with E-state index in [2.05, 4.69) is 6.58 Å². The molecule has 6 heteroatoms. The minimum Gasteiger partial charge on any atom is -0.490 e. The molecule has 0 atom stereocenters. The van der Waals surface area contributed by atoms with E-state index in [9.17, 15) is 4.39 Å². The maximum atomic E-state index is 15.1. The first kappa shape index (κ1) is 26.8. The van der Waals surface area contributed by atoms with Gasteiger partial charge in [0.25, 0.3) is 0 Å². The van der Waals surface area contributed by atoms with Crippen LogP contribution in [-0.2, 0) is 11.3 Å². The minimum atomic E-state index is -0.830. The highest BCUT2D eigenvalue weighted by Crippen LogP contribution is 2.38. The molecule has 4 rings (SSSR count). The van der Waals surface area contributed by atoms with Gasteiger partial charge < -0.3 is 14.2 Å². The van der Waals surface area contributed by atoms with Crippen molar-refractivity contribution in [2.24, 2.45) is 0 Å². The number of halogens is 3. The van der Waals surface area contributed by atoms with Crippen LogP contribution in [0.15, 0.2) is 67.3 Å². The maximum Gasteiger partial charge on any atom is 0.166 e. The molecule has 0 aliphatic heterocycles. The highest BCUT2D eigenvalue weighted by Gasteiger charge is 2.26. The topological polar surface area (TPSA) is 27.7 Å². The Bertz CT molecular complexity index is 1190. The zero-order valence-corrected chi connectivity index (χ0v) is 21.2. The van der Waals surface area contributed by atoms with Crippen LogP contribution in [0.5, 0.6) is 11.5 Å². The molecule has 0 unspecified atom stereocenters. The summed E-state index contributed by atoms with van der Waals surface area (Å²) in [6.07, 6.45) is 5.88. The monoisotopic (exact) mass is 510 g/mol. The van der Waals surface area contributed by atoms with Gasteiger partial charge in [0.1, 0.15) is 12.4 Å². The molecule has 3 nitrogen and oxygen atoms in total.